The lowest BCUT2D eigenvalue weighted by atomic mass is 9.41. The van der Waals surface area contributed by atoms with Crippen LogP contribution in [0.25, 0.3) is 0 Å². The summed E-state index contributed by atoms with van der Waals surface area (Å²) in [5.74, 6) is 0.809. The van der Waals surface area contributed by atoms with Crippen molar-refractivity contribution >= 4 is 17.6 Å². The van der Waals surface area contributed by atoms with Gasteiger partial charge in [0.15, 0.2) is 0 Å². The second kappa shape index (κ2) is 6.35. The molecule has 3 amide bonds. The number of carbonyl (C=O) groups excluding carboxylic acids is 2. The van der Waals surface area contributed by atoms with Crippen LogP contribution in [-0.4, -0.2) is 29.6 Å². The first kappa shape index (κ1) is 17.5. The minimum atomic E-state index is -0.552. The molecule has 140 valence electrons. The number of aromatic nitrogens is 1. The van der Waals surface area contributed by atoms with Gasteiger partial charge in [-0.3, -0.25) is 10.1 Å². The number of benzene rings is 1. The molecule has 0 unspecified atom stereocenters. The number of pyridine rings is 1. The average molecular weight is 367 g/mol. The van der Waals surface area contributed by atoms with Gasteiger partial charge in [-0.05, 0) is 43.9 Å². The molecular weight excluding hydrogens is 346 g/mol. The Hall–Kier alpha value is -2.93. The van der Waals surface area contributed by atoms with E-state index in [1.807, 2.05) is 19.1 Å². The fraction of sp³-hybridized carbons (Fsp3) is 0.350. The summed E-state index contributed by atoms with van der Waals surface area (Å²) in [4.78, 5) is 28.7. The Bertz CT molecular complexity index is 878. The van der Waals surface area contributed by atoms with E-state index in [4.69, 9.17) is 9.47 Å². The summed E-state index contributed by atoms with van der Waals surface area (Å²) >= 11 is 0. The first-order valence-electron chi connectivity index (χ1n) is 8.81. The highest BCUT2D eigenvalue weighted by Crippen LogP contribution is 2.68. The first-order valence-corrected chi connectivity index (χ1v) is 8.81. The van der Waals surface area contributed by atoms with Gasteiger partial charge in [-0.25, -0.2) is 9.78 Å². The van der Waals surface area contributed by atoms with Crippen molar-refractivity contribution in [3.8, 4) is 11.6 Å². The zero-order valence-corrected chi connectivity index (χ0v) is 15.2. The van der Waals surface area contributed by atoms with E-state index in [2.05, 4.69) is 15.6 Å². The lowest BCUT2D eigenvalue weighted by molar-refractivity contribution is -0.262. The van der Waals surface area contributed by atoms with Gasteiger partial charge in [-0.1, -0.05) is 12.1 Å². The van der Waals surface area contributed by atoms with Crippen molar-refractivity contribution in [3.63, 3.8) is 0 Å². The molecule has 7 nitrogen and oxygen atoms in total. The van der Waals surface area contributed by atoms with Crippen molar-refractivity contribution < 1.29 is 19.1 Å². The lowest BCUT2D eigenvalue weighted by Crippen LogP contribution is -2.73. The van der Waals surface area contributed by atoms with E-state index in [1.54, 1.807) is 37.6 Å². The van der Waals surface area contributed by atoms with Crippen molar-refractivity contribution in [2.24, 2.45) is 5.41 Å². The molecule has 7 heteroatoms. The van der Waals surface area contributed by atoms with Crippen LogP contribution in [0.5, 0.6) is 11.6 Å². The maximum atomic E-state index is 12.3. The highest BCUT2D eigenvalue weighted by atomic mass is 16.5. The number of nitrogens with one attached hydrogen (secondary N) is 2. The molecule has 2 bridgehead atoms. The summed E-state index contributed by atoms with van der Waals surface area (Å²) in [6.45, 7) is 1.90. The Kier molecular flexibility index (Phi) is 4.11. The van der Waals surface area contributed by atoms with Crippen molar-refractivity contribution in [2.45, 2.75) is 31.8 Å². The summed E-state index contributed by atoms with van der Waals surface area (Å²) < 4.78 is 11.1. The number of methoxy groups -OCH3 is 1. The number of anilines is 1. The number of imide groups is 1. The molecule has 3 aliphatic rings. The first-order chi connectivity index (χ1) is 12.9. The van der Waals surface area contributed by atoms with E-state index in [0.717, 1.165) is 5.56 Å². The topological polar surface area (TPSA) is 89.5 Å². The summed E-state index contributed by atoms with van der Waals surface area (Å²) in [6, 6.07) is 10.1. The summed E-state index contributed by atoms with van der Waals surface area (Å²) in [7, 11) is 1.66. The van der Waals surface area contributed by atoms with E-state index >= 15 is 0 Å². The number of aryl methyl sites for hydroxylation is 1. The van der Waals surface area contributed by atoms with Crippen LogP contribution in [0, 0.1) is 12.3 Å². The Morgan fingerprint density at radius 1 is 1.15 bits per heavy atom. The number of hydrogen-bond acceptors (Lipinski definition) is 5. The van der Waals surface area contributed by atoms with E-state index in [0.29, 0.717) is 36.6 Å². The molecule has 0 spiro atoms. The van der Waals surface area contributed by atoms with Gasteiger partial charge in [0.2, 0.25) is 11.8 Å². The Balaban J connectivity index is 1.37. The van der Waals surface area contributed by atoms with Gasteiger partial charge < -0.3 is 14.8 Å². The lowest BCUT2D eigenvalue weighted by Gasteiger charge is -2.67. The standard InChI is InChI=1S/C20H21N3O4/c1-13-6-7-14(9-15(13)27-16-5-3-4-8-21-16)22-18(25)23-17(24)19-10-20(11-19,12-19)26-2/h3-9H,10-12H2,1-2H3,(H2,22,23,24,25). The van der Waals surface area contributed by atoms with Crippen LogP contribution in [0.1, 0.15) is 24.8 Å². The van der Waals surface area contributed by atoms with Gasteiger partial charge >= 0.3 is 6.03 Å². The highest BCUT2D eigenvalue weighted by Gasteiger charge is 2.72. The third-order valence-corrected chi connectivity index (χ3v) is 5.42. The normalized spacial score (nSPS) is 25.0. The van der Waals surface area contributed by atoms with Crippen LogP contribution < -0.4 is 15.4 Å². The van der Waals surface area contributed by atoms with Crippen molar-refractivity contribution in [1.29, 1.82) is 0 Å². The second-order valence-electron chi connectivity index (χ2n) is 7.36. The van der Waals surface area contributed by atoms with Crippen molar-refractivity contribution in [2.75, 3.05) is 12.4 Å². The molecule has 3 aliphatic carbocycles. The fourth-order valence-electron chi connectivity index (χ4n) is 3.86. The Morgan fingerprint density at radius 2 is 1.93 bits per heavy atom. The molecule has 1 heterocycles. The quantitative estimate of drug-likeness (QED) is 0.845. The minimum absolute atomic E-state index is 0.136. The molecule has 27 heavy (non-hydrogen) atoms. The van der Waals surface area contributed by atoms with Crippen LogP contribution >= 0.6 is 0 Å². The smallest absolute Gasteiger partial charge is 0.325 e. The fourth-order valence-corrected chi connectivity index (χ4v) is 3.86. The summed E-state index contributed by atoms with van der Waals surface area (Å²) in [6.07, 6.45) is 3.69. The molecule has 1 aromatic carbocycles. The maximum Gasteiger partial charge on any atom is 0.325 e. The molecule has 3 fully saturated rings. The van der Waals surface area contributed by atoms with E-state index in [1.165, 1.54) is 0 Å². The monoisotopic (exact) mass is 367 g/mol. The number of carbonyl (C=O) groups is 2. The highest BCUT2D eigenvalue weighted by molar-refractivity contribution is 6.04. The van der Waals surface area contributed by atoms with Gasteiger partial charge in [0.1, 0.15) is 5.75 Å². The zero-order chi connectivity index (χ0) is 19.1. The molecule has 0 atom stereocenters. The van der Waals surface area contributed by atoms with E-state index in [9.17, 15) is 9.59 Å². The van der Waals surface area contributed by atoms with Crippen LogP contribution in [-0.2, 0) is 9.53 Å². The molecule has 3 saturated carbocycles. The second-order valence-corrected chi connectivity index (χ2v) is 7.36. The average Bonchev–Trinajstić information content (AvgIpc) is 2.57. The Morgan fingerprint density at radius 3 is 2.59 bits per heavy atom. The minimum Gasteiger partial charge on any atom is -0.439 e. The van der Waals surface area contributed by atoms with Crippen molar-refractivity contribution in [1.82, 2.24) is 10.3 Å². The molecule has 0 aliphatic heterocycles. The molecule has 2 N–H and O–H groups in total. The molecule has 0 radical (unpaired) electrons. The zero-order valence-electron chi connectivity index (χ0n) is 15.2. The number of nitrogens with zero attached hydrogens (tertiary/aromatic N) is 1. The number of rotatable bonds is 5. The van der Waals surface area contributed by atoms with Crippen LogP contribution in [0.2, 0.25) is 0 Å². The largest absolute Gasteiger partial charge is 0.439 e. The predicted octanol–water partition coefficient (Wildman–Crippen LogP) is 3.40. The van der Waals surface area contributed by atoms with Crippen LogP contribution in [0.4, 0.5) is 10.5 Å². The number of urea groups is 1. The van der Waals surface area contributed by atoms with Gasteiger partial charge in [0.05, 0.1) is 11.0 Å². The molecule has 2 aromatic rings. The predicted molar refractivity (Wildman–Crippen MR) is 98.7 cm³/mol. The summed E-state index contributed by atoms with van der Waals surface area (Å²) in [5, 5.41) is 5.12. The van der Waals surface area contributed by atoms with Crippen LogP contribution in [0.15, 0.2) is 42.6 Å². The van der Waals surface area contributed by atoms with E-state index in [-0.39, 0.29) is 11.5 Å². The van der Waals surface area contributed by atoms with E-state index < -0.39 is 11.4 Å². The third kappa shape index (κ3) is 3.14. The SMILES string of the molecule is COC12CC(C(=O)NC(=O)Nc3ccc(C)c(Oc4ccccn4)c3)(C1)C2. The van der Waals surface area contributed by atoms with Crippen LogP contribution in [0.3, 0.4) is 0 Å². The number of amides is 3. The molecule has 1 aromatic heterocycles. The van der Waals surface area contributed by atoms with Gasteiger partial charge in [-0.15, -0.1) is 0 Å². The third-order valence-electron chi connectivity index (χ3n) is 5.42. The van der Waals surface area contributed by atoms with Crippen molar-refractivity contribution in [3.05, 3.63) is 48.2 Å². The molecule has 5 rings (SSSR count). The summed E-state index contributed by atoms with van der Waals surface area (Å²) in [5.41, 5.74) is 0.861. The van der Waals surface area contributed by atoms with Gasteiger partial charge in [-0.2, -0.15) is 0 Å². The molecular formula is C20H21N3O4. The molecule has 0 saturated heterocycles. The number of ether oxygens (including phenoxy) is 2. The van der Waals surface area contributed by atoms with Gasteiger partial charge in [0.25, 0.3) is 0 Å². The maximum absolute atomic E-state index is 12.3. The van der Waals surface area contributed by atoms with Gasteiger partial charge in [0, 0.05) is 31.1 Å². The Labute approximate surface area is 157 Å². The number of hydrogen-bond donors (Lipinski definition) is 2.